The molecule has 3 fully saturated rings. The molecule has 3 amide bonds. The minimum Gasteiger partial charge on any atom is -0.339 e. The second-order valence-electron chi connectivity index (χ2n) is 7.27. The lowest BCUT2D eigenvalue weighted by atomic mass is 9.78. The molecule has 25 heavy (non-hydrogen) atoms. The lowest BCUT2D eigenvalue weighted by Gasteiger charge is -2.39. The first kappa shape index (κ1) is 16.7. The molecular formula is C18H23ClN4O2. The fourth-order valence-electron chi connectivity index (χ4n) is 4.14. The highest BCUT2D eigenvalue weighted by molar-refractivity contribution is 6.34. The maximum atomic E-state index is 12.9. The maximum absolute atomic E-state index is 12.9. The SMILES string of the molecule is O=C(c1ccc(Cl)c(N2CCNC2=O)c1)N1CCC2(CCNC2)CC1. The lowest BCUT2D eigenvalue weighted by molar-refractivity contribution is 0.0607. The van der Waals surface area contributed by atoms with Gasteiger partial charge in [0.1, 0.15) is 0 Å². The standard InChI is InChI=1S/C18H23ClN4O2/c19-14-2-1-13(11-15(14)23-10-7-21-17(23)25)16(24)22-8-4-18(5-9-22)3-6-20-12-18/h1-2,11,20H,3-10,12H2,(H,21,25). The number of anilines is 1. The molecule has 7 heteroatoms. The van der Waals surface area contributed by atoms with Crippen LogP contribution < -0.4 is 15.5 Å². The van der Waals surface area contributed by atoms with Gasteiger partial charge in [-0.2, -0.15) is 0 Å². The highest BCUT2D eigenvalue weighted by atomic mass is 35.5. The first-order valence-electron chi connectivity index (χ1n) is 8.93. The van der Waals surface area contributed by atoms with Crippen molar-refractivity contribution >= 4 is 29.2 Å². The minimum absolute atomic E-state index is 0.0262. The Morgan fingerprint density at radius 3 is 2.56 bits per heavy atom. The number of hydrogen-bond acceptors (Lipinski definition) is 3. The predicted octanol–water partition coefficient (Wildman–Crippen LogP) is 2.09. The number of carbonyl (C=O) groups excluding carboxylic acids is 2. The zero-order valence-corrected chi connectivity index (χ0v) is 14.9. The first-order chi connectivity index (χ1) is 12.1. The summed E-state index contributed by atoms with van der Waals surface area (Å²) >= 11 is 6.26. The van der Waals surface area contributed by atoms with E-state index in [1.165, 1.54) is 6.42 Å². The van der Waals surface area contributed by atoms with Gasteiger partial charge in [-0.3, -0.25) is 9.69 Å². The Balaban J connectivity index is 1.50. The Labute approximate surface area is 152 Å². The number of urea groups is 1. The monoisotopic (exact) mass is 362 g/mol. The van der Waals surface area contributed by atoms with E-state index in [2.05, 4.69) is 10.6 Å². The fraction of sp³-hybridized carbons (Fsp3) is 0.556. The summed E-state index contributed by atoms with van der Waals surface area (Å²) in [4.78, 5) is 28.3. The Morgan fingerprint density at radius 1 is 1.12 bits per heavy atom. The average Bonchev–Trinajstić information content (AvgIpc) is 3.25. The van der Waals surface area contributed by atoms with E-state index in [4.69, 9.17) is 11.6 Å². The van der Waals surface area contributed by atoms with Gasteiger partial charge in [0.15, 0.2) is 0 Å². The minimum atomic E-state index is -0.167. The number of carbonyl (C=O) groups is 2. The summed E-state index contributed by atoms with van der Waals surface area (Å²) < 4.78 is 0. The molecule has 134 valence electrons. The van der Waals surface area contributed by atoms with E-state index in [1.807, 2.05) is 4.90 Å². The van der Waals surface area contributed by atoms with Gasteiger partial charge in [0, 0.05) is 38.3 Å². The van der Waals surface area contributed by atoms with Crippen molar-refractivity contribution in [2.45, 2.75) is 19.3 Å². The van der Waals surface area contributed by atoms with Gasteiger partial charge in [-0.05, 0) is 49.4 Å². The van der Waals surface area contributed by atoms with E-state index in [0.29, 0.717) is 34.8 Å². The van der Waals surface area contributed by atoms with Crippen molar-refractivity contribution in [2.24, 2.45) is 5.41 Å². The molecule has 0 aliphatic carbocycles. The summed E-state index contributed by atoms with van der Waals surface area (Å²) in [7, 11) is 0. The molecule has 3 aliphatic rings. The van der Waals surface area contributed by atoms with Crippen LogP contribution in [-0.2, 0) is 0 Å². The van der Waals surface area contributed by atoms with Crippen LogP contribution in [0.15, 0.2) is 18.2 Å². The van der Waals surface area contributed by atoms with E-state index in [9.17, 15) is 9.59 Å². The van der Waals surface area contributed by atoms with E-state index < -0.39 is 0 Å². The normalized spacial score (nSPS) is 22.5. The average molecular weight is 363 g/mol. The third kappa shape index (κ3) is 3.09. The maximum Gasteiger partial charge on any atom is 0.322 e. The van der Waals surface area contributed by atoms with Crippen molar-refractivity contribution in [3.05, 3.63) is 28.8 Å². The van der Waals surface area contributed by atoms with E-state index >= 15 is 0 Å². The molecule has 0 unspecified atom stereocenters. The Hall–Kier alpha value is -1.79. The quantitative estimate of drug-likeness (QED) is 0.846. The second kappa shape index (κ2) is 6.50. The first-order valence-corrected chi connectivity index (χ1v) is 9.31. The molecule has 6 nitrogen and oxygen atoms in total. The van der Waals surface area contributed by atoms with Crippen LogP contribution in [-0.4, -0.2) is 56.1 Å². The number of amides is 3. The van der Waals surface area contributed by atoms with Crippen molar-refractivity contribution in [1.82, 2.24) is 15.5 Å². The van der Waals surface area contributed by atoms with Crippen LogP contribution in [0.2, 0.25) is 5.02 Å². The Bertz CT molecular complexity index is 692. The highest BCUT2D eigenvalue weighted by Gasteiger charge is 2.38. The van der Waals surface area contributed by atoms with Crippen LogP contribution in [0.5, 0.6) is 0 Å². The number of piperidine rings is 1. The largest absolute Gasteiger partial charge is 0.339 e. The topological polar surface area (TPSA) is 64.7 Å². The van der Waals surface area contributed by atoms with Gasteiger partial charge in [-0.25, -0.2) is 4.79 Å². The number of likely N-dealkylation sites (tertiary alicyclic amines) is 1. The van der Waals surface area contributed by atoms with E-state index in [0.717, 1.165) is 39.0 Å². The Kier molecular flexibility index (Phi) is 4.33. The summed E-state index contributed by atoms with van der Waals surface area (Å²) in [6.07, 6.45) is 3.33. The summed E-state index contributed by atoms with van der Waals surface area (Å²) in [5.74, 6) is 0.0262. The summed E-state index contributed by atoms with van der Waals surface area (Å²) in [5, 5.41) is 6.70. The van der Waals surface area contributed by atoms with Crippen molar-refractivity contribution in [2.75, 3.05) is 44.2 Å². The number of hydrogen-bond donors (Lipinski definition) is 2. The molecule has 0 atom stereocenters. The van der Waals surface area contributed by atoms with E-state index in [1.54, 1.807) is 23.1 Å². The zero-order chi connectivity index (χ0) is 17.4. The van der Waals surface area contributed by atoms with Crippen LogP contribution in [0.3, 0.4) is 0 Å². The molecule has 3 saturated heterocycles. The van der Waals surface area contributed by atoms with E-state index in [-0.39, 0.29) is 11.9 Å². The summed E-state index contributed by atoms with van der Waals surface area (Å²) in [5.41, 5.74) is 1.59. The smallest absolute Gasteiger partial charge is 0.322 e. The molecule has 1 aromatic carbocycles. The number of halogens is 1. The summed E-state index contributed by atoms with van der Waals surface area (Å²) in [6, 6.07) is 5.04. The summed E-state index contributed by atoms with van der Waals surface area (Å²) in [6.45, 7) is 4.91. The molecule has 1 spiro atoms. The number of rotatable bonds is 2. The Morgan fingerprint density at radius 2 is 1.92 bits per heavy atom. The third-order valence-corrected chi connectivity index (χ3v) is 6.10. The molecule has 3 heterocycles. The molecule has 0 radical (unpaired) electrons. The van der Waals surface area contributed by atoms with Gasteiger partial charge in [-0.1, -0.05) is 11.6 Å². The van der Waals surface area contributed by atoms with Gasteiger partial charge in [0.25, 0.3) is 5.91 Å². The molecule has 2 N–H and O–H groups in total. The van der Waals surface area contributed by atoms with Crippen LogP contribution >= 0.6 is 11.6 Å². The van der Waals surface area contributed by atoms with Crippen molar-refractivity contribution < 1.29 is 9.59 Å². The number of benzene rings is 1. The van der Waals surface area contributed by atoms with Gasteiger partial charge in [0.2, 0.25) is 0 Å². The van der Waals surface area contributed by atoms with Crippen molar-refractivity contribution in [1.29, 1.82) is 0 Å². The molecular weight excluding hydrogens is 340 g/mol. The van der Waals surface area contributed by atoms with Crippen LogP contribution in [0.1, 0.15) is 29.6 Å². The zero-order valence-electron chi connectivity index (χ0n) is 14.2. The molecule has 0 bridgehead atoms. The predicted molar refractivity (Wildman–Crippen MR) is 97.3 cm³/mol. The molecule has 1 aromatic rings. The van der Waals surface area contributed by atoms with Crippen LogP contribution in [0.25, 0.3) is 0 Å². The van der Waals surface area contributed by atoms with Crippen LogP contribution in [0.4, 0.5) is 10.5 Å². The van der Waals surface area contributed by atoms with Crippen LogP contribution in [0, 0.1) is 5.41 Å². The number of nitrogens with zero attached hydrogens (tertiary/aromatic N) is 2. The van der Waals surface area contributed by atoms with Crippen molar-refractivity contribution in [3.63, 3.8) is 0 Å². The van der Waals surface area contributed by atoms with Gasteiger partial charge in [0.05, 0.1) is 10.7 Å². The molecule has 4 rings (SSSR count). The van der Waals surface area contributed by atoms with Crippen molar-refractivity contribution in [3.8, 4) is 0 Å². The molecule has 0 aromatic heterocycles. The van der Waals surface area contributed by atoms with Gasteiger partial charge >= 0.3 is 6.03 Å². The third-order valence-electron chi connectivity index (χ3n) is 5.78. The van der Waals surface area contributed by atoms with Gasteiger partial charge < -0.3 is 15.5 Å². The second-order valence-corrected chi connectivity index (χ2v) is 7.68. The lowest BCUT2D eigenvalue weighted by Crippen LogP contribution is -2.44. The fourth-order valence-corrected chi connectivity index (χ4v) is 4.36. The van der Waals surface area contributed by atoms with Gasteiger partial charge in [-0.15, -0.1) is 0 Å². The number of nitrogens with one attached hydrogen (secondary N) is 2. The highest BCUT2D eigenvalue weighted by Crippen LogP contribution is 2.37. The molecule has 0 saturated carbocycles. The molecule has 3 aliphatic heterocycles.